The quantitative estimate of drug-likeness (QED) is 0.836. The second-order valence-electron chi connectivity index (χ2n) is 5.79. The number of rotatable bonds is 5. The highest BCUT2D eigenvalue weighted by atomic mass is 16.5. The van der Waals surface area contributed by atoms with E-state index >= 15 is 0 Å². The molecule has 0 atom stereocenters. The number of carbonyl (C=O) groups excluding carboxylic acids is 1. The standard InChI is InChI=1S/C18H19NO5/c1-12-7-15(9-18(21)23-12)24-16-10-19(11-16)17(20)8-13-3-5-14(22-2)6-4-13/h3-7,9,16H,8,10-11H2,1-2H3. The van der Waals surface area contributed by atoms with E-state index in [2.05, 4.69) is 0 Å². The van der Waals surface area contributed by atoms with Crippen LogP contribution in [0.3, 0.4) is 0 Å². The molecule has 24 heavy (non-hydrogen) atoms. The number of hydrogen-bond acceptors (Lipinski definition) is 5. The topological polar surface area (TPSA) is 69.0 Å². The second kappa shape index (κ2) is 6.78. The lowest BCUT2D eigenvalue weighted by Crippen LogP contribution is -2.56. The van der Waals surface area contributed by atoms with Crippen molar-refractivity contribution < 1.29 is 18.7 Å². The van der Waals surface area contributed by atoms with Crippen LogP contribution in [0.15, 0.2) is 45.6 Å². The number of hydrogen-bond donors (Lipinski definition) is 0. The maximum Gasteiger partial charge on any atom is 0.339 e. The molecule has 126 valence electrons. The first-order valence-corrected chi connectivity index (χ1v) is 7.72. The minimum Gasteiger partial charge on any atom is -0.497 e. The Morgan fingerprint density at radius 2 is 1.92 bits per heavy atom. The molecule has 0 bridgehead atoms. The van der Waals surface area contributed by atoms with Crippen LogP contribution in [0.1, 0.15) is 11.3 Å². The van der Waals surface area contributed by atoms with Gasteiger partial charge >= 0.3 is 5.63 Å². The van der Waals surface area contributed by atoms with Crippen LogP contribution in [0.25, 0.3) is 0 Å². The van der Waals surface area contributed by atoms with Crippen molar-refractivity contribution in [1.29, 1.82) is 0 Å². The summed E-state index contributed by atoms with van der Waals surface area (Å²) < 4.78 is 15.7. The third-order valence-electron chi connectivity index (χ3n) is 3.89. The van der Waals surface area contributed by atoms with Gasteiger partial charge in [-0.05, 0) is 24.6 Å². The average molecular weight is 329 g/mol. The lowest BCUT2D eigenvalue weighted by Gasteiger charge is -2.39. The lowest BCUT2D eigenvalue weighted by molar-refractivity contribution is -0.139. The van der Waals surface area contributed by atoms with Gasteiger partial charge in [0.2, 0.25) is 5.91 Å². The van der Waals surface area contributed by atoms with E-state index in [1.165, 1.54) is 6.07 Å². The fraction of sp³-hybridized carbons (Fsp3) is 0.333. The Morgan fingerprint density at radius 1 is 1.21 bits per heavy atom. The maximum atomic E-state index is 12.2. The Balaban J connectivity index is 1.50. The average Bonchev–Trinajstić information content (AvgIpc) is 2.50. The van der Waals surface area contributed by atoms with Crippen LogP contribution in [0.2, 0.25) is 0 Å². The van der Waals surface area contributed by atoms with Crippen molar-refractivity contribution in [2.75, 3.05) is 20.2 Å². The molecule has 0 unspecified atom stereocenters. The molecule has 1 amide bonds. The highest BCUT2D eigenvalue weighted by molar-refractivity contribution is 5.79. The van der Waals surface area contributed by atoms with Crippen LogP contribution < -0.4 is 15.1 Å². The number of carbonyl (C=O) groups is 1. The number of aryl methyl sites for hydroxylation is 1. The summed E-state index contributed by atoms with van der Waals surface area (Å²) >= 11 is 0. The summed E-state index contributed by atoms with van der Waals surface area (Å²) in [6.45, 7) is 2.74. The Bertz CT molecular complexity index is 775. The second-order valence-corrected chi connectivity index (χ2v) is 5.79. The van der Waals surface area contributed by atoms with E-state index in [0.29, 0.717) is 31.0 Å². The number of nitrogens with zero attached hydrogens (tertiary/aromatic N) is 1. The predicted molar refractivity (Wildman–Crippen MR) is 87.4 cm³/mol. The summed E-state index contributed by atoms with van der Waals surface area (Å²) in [4.78, 5) is 25.3. The zero-order valence-electron chi connectivity index (χ0n) is 13.7. The van der Waals surface area contributed by atoms with E-state index in [0.717, 1.165) is 11.3 Å². The molecule has 1 fully saturated rings. The zero-order valence-corrected chi connectivity index (χ0v) is 13.7. The molecule has 6 heteroatoms. The molecule has 2 heterocycles. The van der Waals surface area contributed by atoms with Crippen LogP contribution in [0.5, 0.6) is 11.5 Å². The van der Waals surface area contributed by atoms with Crippen LogP contribution in [-0.2, 0) is 11.2 Å². The van der Waals surface area contributed by atoms with E-state index in [1.807, 2.05) is 24.3 Å². The highest BCUT2D eigenvalue weighted by Gasteiger charge is 2.32. The predicted octanol–water partition coefficient (Wildman–Crippen LogP) is 1.79. The summed E-state index contributed by atoms with van der Waals surface area (Å²) in [5.74, 6) is 1.82. The van der Waals surface area contributed by atoms with Crippen LogP contribution >= 0.6 is 0 Å². The molecular weight excluding hydrogens is 310 g/mol. The third-order valence-corrected chi connectivity index (χ3v) is 3.89. The maximum absolute atomic E-state index is 12.2. The Kier molecular flexibility index (Phi) is 4.55. The summed E-state index contributed by atoms with van der Waals surface area (Å²) in [5, 5.41) is 0. The van der Waals surface area contributed by atoms with Gasteiger partial charge in [-0.25, -0.2) is 4.79 Å². The molecule has 0 radical (unpaired) electrons. The molecule has 3 rings (SSSR count). The minimum atomic E-state index is -0.434. The van der Waals surface area contributed by atoms with Crippen molar-refractivity contribution in [2.45, 2.75) is 19.4 Å². The largest absolute Gasteiger partial charge is 0.497 e. The molecular formula is C18H19NO5. The molecule has 1 saturated heterocycles. The summed E-state index contributed by atoms with van der Waals surface area (Å²) in [6.07, 6.45) is 0.260. The SMILES string of the molecule is COc1ccc(CC(=O)N2CC(Oc3cc(C)oc(=O)c3)C2)cc1. The van der Waals surface area contributed by atoms with Gasteiger partial charge in [0.15, 0.2) is 0 Å². The highest BCUT2D eigenvalue weighted by Crippen LogP contribution is 2.19. The van der Waals surface area contributed by atoms with Crippen molar-refractivity contribution in [2.24, 2.45) is 0 Å². The Hall–Kier alpha value is -2.76. The van der Waals surface area contributed by atoms with E-state index in [4.69, 9.17) is 13.9 Å². The fourth-order valence-corrected chi connectivity index (χ4v) is 2.58. The van der Waals surface area contributed by atoms with Gasteiger partial charge in [0.05, 0.1) is 32.7 Å². The molecule has 1 aliphatic heterocycles. The molecule has 0 spiro atoms. The zero-order chi connectivity index (χ0) is 17.1. The number of benzene rings is 1. The molecule has 1 aliphatic rings. The van der Waals surface area contributed by atoms with Gasteiger partial charge in [-0.3, -0.25) is 4.79 Å². The van der Waals surface area contributed by atoms with Gasteiger partial charge in [-0.1, -0.05) is 12.1 Å². The number of likely N-dealkylation sites (tertiary alicyclic amines) is 1. The van der Waals surface area contributed by atoms with E-state index in [9.17, 15) is 9.59 Å². The van der Waals surface area contributed by atoms with Crippen molar-refractivity contribution in [1.82, 2.24) is 4.90 Å². The number of ether oxygens (including phenoxy) is 2. The van der Waals surface area contributed by atoms with E-state index in [1.54, 1.807) is 25.0 Å². The summed E-state index contributed by atoms with van der Waals surface area (Å²) in [6, 6.07) is 10.4. The third kappa shape index (κ3) is 3.76. The molecule has 2 aromatic rings. The molecule has 6 nitrogen and oxygen atoms in total. The van der Waals surface area contributed by atoms with Crippen LogP contribution in [-0.4, -0.2) is 37.1 Å². The number of methoxy groups -OCH3 is 1. The van der Waals surface area contributed by atoms with Gasteiger partial charge in [0.25, 0.3) is 0 Å². The smallest absolute Gasteiger partial charge is 0.339 e. The van der Waals surface area contributed by atoms with Crippen molar-refractivity contribution in [3.05, 3.63) is 58.1 Å². The molecule has 1 aromatic heterocycles. The van der Waals surface area contributed by atoms with Crippen LogP contribution in [0, 0.1) is 6.92 Å². The Labute approximate surface area is 139 Å². The molecule has 1 aromatic carbocycles. The van der Waals surface area contributed by atoms with Gasteiger partial charge in [-0.2, -0.15) is 0 Å². The van der Waals surface area contributed by atoms with Crippen molar-refractivity contribution in [3.8, 4) is 11.5 Å². The normalized spacial score (nSPS) is 14.2. The first kappa shape index (κ1) is 16.1. The van der Waals surface area contributed by atoms with Crippen LogP contribution in [0.4, 0.5) is 0 Å². The van der Waals surface area contributed by atoms with E-state index in [-0.39, 0.29) is 12.0 Å². The fourth-order valence-electron chi connectivity index (χ4n) is 2.58. The number of amides is 1. The van der Waals surface area contributed by atoms with Crippen molar-refractivity contribution in [3.63, 3.8) is 0 Å². The molecule has 0 N–H and O–H groups in total. The van der Waals surface area contributed by atoms with Gasteiger partial charge < -0.3 is 18.8 Å². The van der Waals surface area contributed by atoms with Crippen molar-refractivity contribution >= 4 is 5.91 Å². The van der Waals surface area contributed by atoms with Gasteiger partial charge in [0.1, 0.15) is 23.4 Å². The van der Waals surface area contributed by atoms with Gasteiger partial charge in [0, 0.05) is 6.07 Å². The molecule has 0 aliphatic carbocycles. The lowest BCUT2D eigenvalue weighted by atomic mass is 10.1. The first-order valence-electron chi connectivity index (χ1n) is 7.72. The molecule has 0 saturated carbocycles. The van der Waals surface area contributed by atoms with Gasteiger partial charge in [-0.15, -0.1) is 0 Å². The summed E-state index contributed by atoms with van der Waals surface area (Å²) in [5.41, 5.74) is 0.512. The Morgan fingerprint density at radius 3 is 2.54 bits per heavy atom. The van der Waals surface area contributed by atoms with E-state index < -0.39 is 5.63 Å². The summed E-state index contributed by atoms with van der Waals surface area (Å²) in [7, 11) is 1.61. The monoisotopic (exact) mass is 329 g/mol. The minimum absolute atomic E-state index is 0.0590. The first-order chi connectivity index (χ1) is 11.5.